The first-order chi connectivity index (χ1) is 16.3. The Kier molecular flexibility index (Phi) is 5.52. The Morgan fingerprint density at radius 3 is 2.74 bits per heavy atom. The Morgan fingerprint density at radius 1 is 1.18 bits per heavy atom. The molecule has 2 aromatic heterocycles. The van der Waals surface area contributed by atoms with E-state index in [4.69, 9.17) is 4.74 Å². The molecule has 1 fully saturated rings. The summed E-state index contributed by atoms with van der Waals surface area (Å²) >= 11 is 0. The SMILES string of the molecule is CS(=O)(=O)c1ccc2nccc(Oc3ccc(CC(=O)Nc4cc(C5CC5)[nH]n4)c(F)c3)c2c1. The molecule has 1 amide bonds. The summed E-state index contributed by atoms with van der Waals surface area (Å²) in [5, 5.41) is 10.1. The van der Waals surface area contributed by atoms with Crippen LogP contribution in [0.5, 0.6) is 11.5 Å². The van der Waals surface area contributed by atoms with Crippen molar-refractivity contribution in [3.8, 4) is 11.5 Å². The second kappa shape index (κ2) is 8.53. The maximum absolute atomic E-state index is 14.7. The van der Waals surface area contributed by atoms with E-state index in [9.17, 15) is 17.6 Å². The van der Waals surface area contributed by atoms with Gasteiger partial charge in [-0.15, -0.1) is 0 Å². The number of H-pyrrole nitrogens is 1. The molecule has 0 aliphatic heterocycles. The Labute approximate surface area is 195 Å². The molecule has 2 heterocycles. The van der Waals surface area contributed by atoms with Gasteiger partial charge in [-0.25, -0.2) is 12.8 Å². The zero-order valence-electron chi connectivity index (χ0n) is 18.2. The second-order valence-corrected chi connectivity index (χ2v) is 10.3. The van der Waals surface area contributed by atoms with E-state index in [-0.39, 0.29) is 28.5 Å². The smallest absolute Gasteiger partial charge is 0.230 e. The first-order valence-electron chi connectivity index (χ1n) is 10.7. The van der Waals surface area contributed by atoms with Gasteiger partial charge in [0.2, 0.25) is 5.91 Å². The molecule has 2 N–H and O–H groups in total. The molecule has 5 rings (SSSR count). The molecular formula is C24H21FN4O4S. The zero-order valence-corrected chi connectivity index (χ0v) is 19.0. The maximum atomic E-state index is 14.7. The molecule has 1 aliphatic rings. The number of carbonyl (C=O) groups excluding carboxylic acids is 1. The first-order valence-corrected chi connectivity index (χ1v) is 12.6. The third kappa shape index (κ3) is 4.76. The number of ether oxygens (including phenoxy) is 1. The summed E-state index contributed by atoms with van der Waals surface area (Å²) in [6, 6.07) is 12.1. The van der Waals surface area contributed by atoms with Crippen molar-refractivity contribution in [2.45, 2.75) is 30.1 Å². The van der Waals surface area contributed by atoms with Crippen molar-refractivity contribution >= 4 is 32.5 Å². The molecule has 174 valence electrons. The fourth-order valence-corrected chi connectivity index (χ4v) is 4.29. The van der Waals surface area contributed by atoms with Crippen molar-refractivity contribution in [1.82, 2.24) is 15.2 Å². The van der Waals surface area contributed by atoms with Crippen LogP contribution in [0.4, 0.5) is 10.2 Å². The predicted molar refractivity (Wildman–Crippen MR) is 124 cm³/mol. The van der Waals surface area contributed by atoms with Gasteiger partial charge in [-0.1, -0.05) is 6.07 Å². The van der Waals surface area contributed by atoms with Crippen LogP contribution in [-0.2, 0) is 21.1 Å². The monoisotopic (exact) mass is 480 g/mol. The quantitative estimate of drug-likeness (QED) is 0.406. The molecule has 0 radical (unpaired) electrons. The highest BCUT2D eigenvalue weighted by molar-refractivity contribution is 7.90. The Morgan fingerprint density at radius 2 is 2.00 bits per heavy atom. The number of hydrogen-bond acceptors (Lipinski definition) is 6. The van der Waals surface area contributed by atoms with Gasteiger partial charge >= 0.3 is 0 Å². The average molecular weight is 481 g/mol. The van der Waals surface area contributed by atoms with Crippen LogP contribution in [-0.4, -0.2) is 35.8 Å². The van der Waals surface area contributed by atoms with Crippen LogP contribution in [0.25, 0.3) is 10.9 Å². The largest absolute Gasteiger partial charge is 0.456 e. The van der Waals surface area contributed by atoms with Gasteiger partial charge in [0.05, 0.1) is 16.8 Å². The number of amides is 1. The van der Waals surface area contributed by atoms with Crippen LogP contribution in [0.1, 0.15) is 30.0 Å². The van der Waals surface area contributed by atoms with Gasteiger partial charge < -0.3 is 10.1 Å². The van der Waals surface area contributed by atoms with Crippen LogP contribution < -0.4 is 10.1 Å². The fraction of sp³-hybridized carbons (Fsp3) is 0.208. The Balaban J connectivity index is 1.31. The topological polar surface area (TPSA) is 114 Å². The molecule has 0 bridgehead atoms. The lowest BCUT2D eigenvalue weighted by Crippen LogP contribution is -2.15. The summed E-state index contributed by atoms with van der Waals surface area (Å²) in [5.74, 6) is 0.480. The van der Waals surface area contributed by atoms with E-state index in [0.717, 1.165) is 24.8 Å². The third-order valence-corrected chi connectivity index (χ3v) is 6.70. The number of pyridine rings is 1. The summed E-state index contributed by atoms with van der Waals surface area (Å²) in [6.07, 6.45) is 4.71. The van der Waals surface area contributed by atoms with Gasteiger partial charge in [-0.05, 0) is 48.7 Å². The minimum absolute atomic E-state index is 0.131. The van der Waals surface area contributed by atoms with Gasteiger partial charge in [-0.3, -0.25) is 14.9 Å². The number of carbonyl (C=O) groups is 1. The number of benzene rings is 2. The molecule has 1 saturated carbocycles. The standard InChI is InChI=1S/C24H21FN4O4S/c1-34(31,32)17-6-7-20-18(12-17)22(8-9-26-20)33-16-5-4-15(19(25)11-16)10-24(30)27-23-13-21(28-29-23)14-2-3-14/h4-9,11-14H,2-3,10H2,1H3,(H2,27,28,29,30). The highest BCUT2D eigenvalue weighted by atomic mass is 32.2. The molecule has 0 atom stereocenters. The predicted octanol–water partition coefficient (Wildman–Crippen LogP) is 4.35. The van der Waals surface area contributed by atoms with Crippen molar-refractivity contribution in [3.63, 3.8) is 0 Å². The molecule has 4 aromatic rings. The lowest BCUT2D eigenvalue weighted by molar-refractivity contribution is -0.115. The molecular weight excluding hydrogens is 459 g/mol. The number of fused-ring (bicyclic) bond motifs is 1. The number of sulfone groups is 1. The van der Waals surface area contributed by atoms with Crippen LogP contribution >= 0.6 is 0 Å². The lowest BCUT2D eigenvalue weighted by Gasteiger charge is -2.11. The number of hydrogen-bond donors (Lipinski definition) is 2. The van der Waals surface area contributed by atoms with E-state index in [1.165, 1.54) is 30.5 Å². The zero-order chi connectivity index (χ0) is 23.9. The van der Waals surface area contributed by atoms with Crippen LogP contribution in [0.3, 0.4) is 0 Å². The van der Waals surface area contributed by atoms with E-state index in [1.54, 1.807) is 24.3 Å². The fourth-order valence-electron chi connectivity index (χ4n) is 3.65. The van der Waals surface area contributed by atoms with Gasteiger partial charge in [0.1, 0.15) is 17.3 Å². The summed E-state index contributed by atoms with van der Waals surface area (Å²) in [7, 11) is -3.42. The van der Waals surface area contributed by atoms with Crippen molar-refractivity contribution in [2.24, 2.45) is 0 Å². The minimum atomic E-state index is -3.42. The normalized spacial score (nSPS) is 13.7. The first kappa shape index (κ1) is 22.0. The Bertz CT molecular complexity index is 1510. The number of anilines is 1. The van der Waals surface area contributed by atoms with Crippen molar-refractivity contribution < 1.29 is 22.3 Å². The summed E-state index contributed by atoms with van der Waals surface area (Å²) in [5.41, 5.74) is 1.75. The van der Waals surface area contributed by atoms with E-state index in [0.29, 0.717) is 28.4 Å². The number of halogens is 1. The number of rotatable bonds is 7. The second-order valence-electron chi connectivity index (χ2n) is 8.32. The van der Waals surface area contributed by atoms with Gasteiger partial charge in [0.15, 0.2) is 15.7 Å². The molecule has 8 nitrogen and oxygen atoms in total. The van der Waals surface area contributed by atoms with E-state index in [2.05, 4.69) is 20.5 Å². The van der Waals surface area contributed by atoms with Gasteiger partial charge in [-0.2, -0.15) is 5.10 Å². The van der Waals surface area contributed by atoms with Gasteiger partial charge in [0.25, 0.3) is 0 Å². The minimum Gasteiger partial charge on any atom is -0.456 e. The molecule has 0 saturated heterocycles. The molecule has 0 spiro atoms. The number of nitrogens with zero attached hydrogens (tertiary/aromatic N) is 2. The number of aromatic amines is 1. The van der Waals surface area contributed by atoms with E-state index < -0.39 is 15.7 Å². The average Bonchev–Trinajstić information content (AvgIpc) is 3.54. The van der Waals surface area contributed by atoms with Gasteiger partial charge in [0, 0.05) is 41.6 Å². The highest BCUT2D eigenvalue weighted by Gasteiger charge is 2.25. The molecule has 1 aliphatic carbocycles. The van der Waals surface area contributed by atoms with Crippen LogP contribution in [0.2, 0.25) is 0 Å². The maximum Gasteiger partial charge on any atom is 0.230 e. The summed E-state index contributed by atoms with van der Waals surface area (Å²) in [4.78, 5) is 16.7. The van der Waals surface area contributed by atoms with Crippen LogP contribution in [0, 0.1) is 5.82 Å². The number of nitrogens with one attached hydrogen (secondary N) is 2. The van der Waals surface area contributed by atoms with E-state index >= 15 is 0 Å². The Hall–Kier alpha value is -3.79. The third-order valence-electron chi connectivity index (χ3n) is 5.59. The highest BCUT2D eigenvalue weighted by Crippen LogP contribution is 2.39. The number of aromatic nitrogens is 3. The van der Waals surface area contributed by atoms with E-state index in [1.807, 2.05) is 0 Å². The summed E-state index contributed by atoms with van der Waals surface area (Å²) < 4.78 is 44.4. The van der Waals surface area contributed by atoms with Crippen molar-refractivity contribution in [3.05, 3.63) is 71.8 Å². The molecule has 2 aromatic carbocycles. The van der Waals surface area contributed by atoms with Crippen molar-refractivity contribution in [1.29, 1.82) is 0 Å². The molecule has 34 heavy (non-hydrogen) atoms. The summed E-state index contributed by atoms with van der Waals surface area (Å²) in [6.45, 7) is 0. The lowest BCUT2D eigenvalue weighted by atomic mass is 10.1. The molecule has 10 heteroatoms. The molecule has 0 unspecified atom stereocenters. The van der Waals surface area contributed by atoms with Crippen LogP contribution in [0.15, 0.2) is 59.6 Å². The van der Waals surface area contributed by atoms with Crippen molar-refractivity contribution in [2.75, 3.05) is 11.6 Å².